The summed E-state index contributed by atoms with van der Waals surface area (Å²) in [5.41, 5.74) is -0.275. The van der Waals surface area contributed by atoms with E-state index in [0.717, 1.165) is 12.1 Å². The molecule has 1 N–H and O–H groups in total. The Balaban J connectivity index is 2.16. The van der Waals surface area contributed by atoms with Crippen LogP contribution in [0.25, 0.3) is 0 Å². The van der Waals surface area contributed by atoms with Gasteiger partial charge in [0.15, 0.2) is 0 Å². The Morgan fingerprint density at radius 1 is 1.16 bits per heavy atom. The molecule has 134 valence electrons. The van der Waals surface area contributed by atoms with Gasteiger partial charge in [-0.15, -0.1) is 0 Å². The molecule has 0 aliphatic rings. The van der Waals surface area contributed by atoms with Gasteiger partial charge in [-0.3, -0.25) is 4.79 Å². The minimum absolute atomic E-state index is 0.00457. The number of halogens is 3. The van der Waals surface area contributed by atoms with Crippen LogP contribution in [0.2, 0.25) is 0 Å². The lowest BCUT2D eigenvalue weighted by Crippen LogP contribution is -2.24. The Morgan fingerprint density at radius 2 is 1.88 bits per heavy atom. The first-order valence-corrected chi connectivity index (χ1v) is 7.30. The highest BCUT2D eigenvalue weighted by atomic mass is 19.4. The van der Waals surface area contributed by atoms with Crippen molar-refractivity contribution in [1.29, 1.82) is 0 Å². The van der Waals surface area contributed by atoms with Crippen LogP contribution in [0.5, 0.6) is 11.5 Å². The van der Waals surface area contributed by atoms with Crippen molar-refractivity contribution in [3.05, 3.63) is 52.8 Å². The van der Waals surface area contributed by atoms with Gasteiger partial charge in [0.05, 0.1) is 25.5 Å². The summed E-state index contributed by atoms with van der Waals surface area (Å²) in [7, 11) is 3.01. The molecule has 1 aromatic carbocycles. The molecule has 0 saturated carbocycles. The zero-order chi connectivity index (χ0) is 18.6. The summed E-state index contributed by atoms with van der Waals surface area (Å²) >= 11 is 0. The number of pyridine rings is 1. The van der Waals surface area contributed by atoms with Crippen LogP contribution in [-0.4, -0.2) is 25.1 Å². The van der Waals surface area contributed by atoms with E-state index in [9.17, 15) is 18.0 Å². The smallest absolute Gasteiger partial charge is 0.433 e. The van der Waals surface area contributed by atoms with Crippen LogP contribution in [0.3, 0.4) is 0 Å². The number of rotatable bonds is 5. The second-order valence-electron chi connectivity index (χ2n) is 5.19. The summed E-state index contributed by atoms with van der Waals surface area (Å²) in [5.74, 6) is 0.629. The largest absolute Gasteiger partial charge is 0.497 e. The van der Waals surface area contributed by atoms with Crippen molar-refractivity contribution in [1.82, 2.24) is 10.3 Å². The molecule has 0 bridgehead atoms. The van der Waals surface area contributed by atoms with Crippen molar-refractivity contribution in [2.45, 2.75) is 19.6 Å². The fraction of sp³-hybridized carbons (Fsp3) is 0.294. The molecule has 8 heteroatoms. The van der Waals surface area contributed by atoms with Crippen LogP contribution in [0.15, 0.2) is 30.3 Å². The number of carbonyl (C=O) groups excluding carboxylic acids is 1. The molecule has 0 radical (unpaired) electrons. The molecule has 1 heterocycles. The number of hydrogen-bond donors (Lipinski definition) is 1. The van der Waals surface area contributed by atoms with Crippen LogP contribution in [0, 0.1) is 6.92 Å². The Kier molecular flexibility index (Phi) is 5.51. The number of hydrogen-bond acceptors (Lipinski definition) is 4. The van der Waals surface area contributed by atoms with Crippen molar-refractivity contribution < 1.29 is 27.4 Å². The van der Waals surface area contributed by atoms with Crippen LogP contribution in [0.4, 0.5) is 13.2 Å². The van der Waals surface area contributed by atoms with Gasteiger partial charge in [-0.1, -0.05) is 0 Å². The maximum atomic E-state index is 12.6. The lowest BCUT2D eigenvalue weighted by atomic mass is 10.1. The highest BCUT2D eigenvalue weighted by Gasteiger charge is 2.33. The van der Waals surface area contributed by atoms with Gasteiger partial charge in [-0.25, -0.2) is 4.98 Å². The second kappa shape index (κ2) is 7.42. The summed E-state index contributed by atoms with van der Waals surface area (Å²) in [6.45, 7) is 1.48. The molecule has 5 nitrogen and oxygen atoms in total. The standard InChI is InChI=1S/C17H17F3N2O3/c1-10-13(5-7-15(22-10)17(18,19)20)16(23)21-9-11-8-12(24-2)4-6-14(11)25-3/h4-8H,9H2,1-3H3,(H,21,23). The first-order valence-electron chi connectivity index (χ1n) is 7.30. The monoisotopic (exact) mass is 354 g/mol. The number of methoxy groups -OCH3 is 2. The molecule has 1 amide bonds. The maximum Gasteiger partial charge on any atom is 0.433 e. The van der Waals surface area contributed by atoms with Gasteiger partial charge in [0.25, 0.3) is 5.91 Å². The van der Waals surface area contributed by atoms with E-state index in [1.54, 1.807) is 18.2 Å². The molecule has 2 rings (SSSR count). The number of nitrogens with zero attached hydrogens (tertiary/aromatic N) is 1. The molecule has 0 unspecified atom stereocenters. The molecule has 0 spiro atoms. The third-order valence-corrected chi connectivity index (χ3v) is 3.55. The van der Waals surface area contributed by atoms with Crippen LogP contribution < -0.4 is 14.8 Å². The van der Waals surface area contributed by atoms with Gasteiger partial charge >= 0.3 is 6.18 Å². The fourth-order valence-electron chi connectivity index (χ4n) is 2.25. The number of carbonyl (C=O) groups is 1. The molecule has 0 aliphatic carbocycles. The number of benzene rings is 1. The van der Waals surface area contributed by atoms with Gasteiger partial charge in [0.2, 0.25) is 0 Å². The highest BCUT2D eigenvalue weighted by molar-refractivity contribution is 5.95. The zero-order valence-electron chi connectivity index (χ0n) is 13.9. The zero-order valence-corrected chi connectivity index (χ0v) is 13.9. The van der Waals surface area contributed by atoms with Crippen LogP contribution >= 0.6 is 0 Å². The van der Waals surface area contributed by atoms with Gasteiger partial charge in [-0.2, -0.15) is 13.2 Å². The number of amides is 1. The van der Waals surface area contributed by atoms with Gasteiger partial charge in [-0.05, 0) is 37.3 Å². The minimum Gasteiger partial charge on any atom is -0.497 e. The first kappa shape index (κ1) is 18.6. The normalized spacial score (nSPS) is 11.1. The summed E-state index contributed by atoms with van der Waals surface area (Å²) in [6.07, 6.45) is -4.55. The van der Waals surface area contributed by atoms with E-state index in [4.69, 9.17) is 9.47 Å². The molecular formula is C17H17F3N2O3. The van der Waals surface area contributed by atoms with Crippen LogP contribution in [0.1, 0.15) is 27.3 Å². The number of nitrogens with one attached hydrogen (secondary N) is 1. The van der Waals surface area contributed by atoms with E-state index in [2.05, 4.69) is 10.3 Å². The van der Waals surface area contributed by atoms with E-state index in [0.29, 0.717) is 17.1 Å². The van der Waals surface area contributed by atoms with E-state index < -0.39 is 17.8 Å². The quantitative estimate of drug-likeness (QED) is 0.895. The molecule has 0 fully saturated rings. The fourth-order valence-corrected chi connectivity index (χ4v) is 2.25. The molecule has 1 aromatic heterocycles. The van der Waals surface area contributed by atoms with Crippen molar-refractivity contribution >= 4 is 5.91 Å². The Hall–Kier alpha value is -2.77. The predicted octanol–water partition coefficient (Wildman–Crippen LogP) is 3.36. The summed E-state index contributed by atoms with van der Waals surface area (Å²) in [5, 5.41) is 2.64. The minimum atomic E-state index is -4.55. The molecule has 0 aliphatic heterocycles. The summed E-state index contributed by atoms with van der Waals surface area (Å²) in [4.78, 5) is 15.7. The first-order chi connectivity index (χ1) is 11.8. The van der Waals surface area contributed by atoms with E-state index >= 15 is 0 Å². The van der Waals surface area contributed by atoms with Crippen molar-refractivity contribution in [2.24, 2.45) is 0 Å². The molecule has 0 saturated heterocycles. The summed E-state index contributed by atoms with van der Waals surface area (Å²) < 4.78 is 48.2. The van der Waals surface area contributed by atoms with E-state index in [-0.39, 0.29) is 17.8 Å². The third-order valence-electron chi connectivity index (χ3n) is 3.55. The third kappa shape index (κ3) is 4.40. The lowest BCUT2D eigenvalue weighted by Gasteiger charge is -2.13. The Bertz CT molecular complexity index is 776. The topological polar surface area (TPSA) is 60.5 Å². The number of alkyl halides is 3. The average molecular weight is 354 g/mol. The number of aryl methyl sites for hydroxylation is 1. The predicted molar refractivity (Wildman–Crippen MR) is 84.7 cm³/mol. The SMILES string of the molecule is COc1ccc(OC)c(CNC(=O)c2ccc(C(F)(F)F)nc2C)c1. The number of ether oxygens (including phenoxy) is 2. The van der Waals surface area contributed by atoms with Gasteiger partial charge < -0.3 is 14.8 Å². The van der Waals surface area contributed by atoms with Crippen LogP contribution in [-0.2, 0) is 12.7 Å². The lowest BCUT2D eigenvalue weighted by molar-refractivity contribution is -0.141. The average Bonchev–Trinajstić information content (AvgIpc) is 2.58. The second-order valence-corrected chi connectivity index (χ2v) is 5.19. The van der Waals surface area contributed by atoms with Crippen molar-refractivity contribution in [2.75, 3.05) is 14.2 Å². The Labute approximate surface area is 142 Å². The maximum absolute atomic E-state index is 12.6. The van der Waals surface area contributed by atoms with Gasteiger partial charge in [0, 0.05) is 12.1 Å². The summed E-state index contributed by atoms with van der Waals surface area (Å²) in [6, 6.07) is 7.02. The van der Waals surface area contributed by atoms with Crippen molar-refractivity contribution in [3.63, 3.8) is 0 Å². The number of aromatic nitrogens is 1. The Morgan fingerprint density at radius 3 is 2.44 bits per heavy atom. The van der Waals surface area contributed by atoms with Gasteiger partial charge in [0.1, 0.15) is 17.2 Å². The highest BCUT2D eigenvalue weighted by Crippen LogP contribution is 2.28. The van der Waals surface area contributed by atoms with E-state index in [1.165, 1.54) is 21.1 Å². The molecule has 0 atom stereocenters. The molecule has 25 heavy (non-hydrogen) atoms. The van der Waals surface area contributed by atoms with Crippen molar-refractivity contribution in [3.8, 4) is 11.5 Å². The molecular weight excluding hydrogens is 337 g/mol. The van der Waals surface area contributed by atoms with E-state index in [1.807, 2.05) is 0 Å². The molecule has 2 aromatic rings.